The number of rotatable bonds is 5. The molecule has 0 aromatic carbocycles. The number of carbonyl (C=O) groups excluding carboxylic acids is 2. The predicted octanol–water partition coefficient (Wildman–Crippen LogP) is -0.103. The molecule has 114 valence electrons. The van der Waals surface area contributed by atoms with Crippen LogP contribution in [0.2, 0.25) is 0 Å². The molecule has 1 heterocycles. The van der Waals surface area contributed by atoms with Crippen molar-refractivity contribution in [3.05, 3.63) is 0 Å². The highest BCUT2D eigenvalue weighted by molar-refractivity contribution is 5.89. The van der Waals surface area contributed by atoms with E-state index in [9.17, 15) is 14.4 Å². The summed E-state index contributed by atoms with van der Waals surface area (Å²) in [5.41, 5.74) is -0.253. The third-order valence-electron chi connectivity index (χ3n) is 3.60. The minimum Gasteiger partial charge on any atom is -0.480 e. The van der Waals surface area contributed by atoms with Gasteiger partial charge in [-0.15, -0.1) is 0 Å². The number of carbonyl (C=O) groups is 3. The molecule has 1 saturated heterocycles. The summed E-state index contributed by atoms with van der Waals surface area (Å²) in [6.07, 6.45) is 1.47. The lowest BCUT2D eigenvalue weighted by atomic mass is 9.77. The zero-order valence-corrected chi connectivity index (χ0v) is 12.1. The van der Waals surface area contributed by atoms with Crippen molar-refractivity contribution in [1.82, 2.24) is 10.6 Å². The van der Waals surface area contributed by atoms with E-state index in [1.807, 2.05) is 13.8 Å². The predicted molar refractivity (Wildman–Crippen MR) is 71.0 cm³/mol. The maximum Gasteiger partial charge on any atom is 0.326 e. The summed E-state index contributed by atoms with van der Waals surface area (Å²) < 4.78 is 4.43. The summed E-state index contributed by atoms with van der Waals surface area (Å²) in [5.74, 6) is -2.32. The van der Waals surface area contributed by atoms with E-state index in [0.717, 1.165) is 19.4 Å². The Morgan fingerprint density at radius 3 is 2.60 bits per heavy atom. The molecule has 7 heteroatoms. The van der Waals surface area contributed by atoms with E-state index in [4.69, 9.17) is 5.11 Å². The van der Waals surface area contributed by atoms with Gasteiger partial charge in [-0.2, -0.15) is 0 Å². The zero-order chi connectivity index (χ0) is 15.3. The standard InChI is InChI=1S/C13H22N2O5/c1-13(2)5-4-6-14-10(13)11(17)15-8(12(18)19)7-9(16)20-3/h8,10,14H,4-7H2,1-3H3,(H,15,17)(H,18,19)/t8-,10?/m0/s1. The molecule has 3 N–H and O–H groups in total. The number of carboxylic acids is 1. The number of esters is 1. The van der Waals surface area contributed by atoms with Crippen molar-refractivity contribution in [3.63, 3.8) is 0 Å². The molecule has 0 radical (unpaired) electrons. The van der Waals surface area contributed by atoms with Crippen LogP contribution in [-0.4, -0.2) is 48.7 Å². The Hall–Kier alpha value is -1.63. The van der Waals surface area contributed by atoms with Crippen LogP contribution in [0.15, 0.2) is 0 Å². The maximum atomic E-state index is 12.2. The molecule has 1 amide bonds. The molecule has 0 aromatic heterocycles. The highest BCUT2D eigenvalue weighted by Crippen LogP contribution is 2.30. The zero-order valence-electron chi connectivity index (χ0n) is 12.1. The first-order valence-corrected chi connectivity index (χ1v) is 6.61. The average molecular weight is 286 g/mol. The smallest absolute Gasteiger partial charge is 0.326 e. The molecule has 20 heavy (non-hydrogen) atoms. The molecule has 0 saturated carbocycles. The van der Waals surface area contributed by atoms with Crippen LogP contribution < -0.4 is 10.6 Å². The van der Waals surface area contributed by atoms with Gasteiger partial charge in [-0.3, -0.25) is 9.59 Å². The maximum absolute atomic E-state index is 12.2. The average Bonchev–Trinajstić information content (AvgIpc) is 2.36. The SMILES string of the molecule is COC(=O)C[C@H](NC(=O)C1NCCCC1(C)C)C(=O)O. The van der Waals surface area contributed by atoms with Crippen molar-refractivity contribution in [2.24, 2.45) is 5.41 Å². The van der Waals surface area contributed by atoms with E-state index in [-0.39, 0.29) is 11.8 Å². The normalized spacial score (nSPS) is 22.6. The van der Waals surface area contributed by atoms with Gasteiger partial charge in [0, 0.05) is 0 Å². The van der Waals surface area contributed by atoms with Crippen molar-refractivity contribution in [2.75, 3.05) is 13.7 Å². The second-order valence-electron chi connectivity index (χ2n) is 5.66. The van der Waals surface area contributed by atoms with Gasteiger partial charge in [0.25, 0.3) is 0 Å². The molecule has 0 bridgehead atoms. The van der Waals surface area contributed by atoms with Gasteiger partial charge in [-0.05, 0) is 24.8 Å². The van der Waals surface area contributed by atoms with Crippen molar-refractivity contribution < 1.29 is 24.2 Å². The van der Waals surface area contributed by atoms with E-state index in [0.29, 0.717) is 0 Å². The van der Waals surface area contributed by atoms with Crippen LogP contribution in [0.3, 0.4) is 0 Å². The molecule has 1 aliphatic heterocycles. The molecule has 1 aliphatic rings. The lowest BCUT2D eigenvalue weighted by Gasteiger charge is -2.38. The third-order valence-corrected chi connectivity index (χ3v) is 3.60. The first-order valence-electron chi connectivity index (χ1n) is 6.61. The van der Waals surface area contributed by atoms with Crippen molar-refractivity contribution in [1.29, 1.82) is 0 Å². The fourth-order valence-corrected chi connectivity index (χ4v) is 2.36. The Morgan fingerprint density at radius 2 is 2.10 bits per heavy atom. The van der Waals surface area contributed by atoms with Crippen LogP contribution in [0.5, 0.6) is 0 Å². The van der Waals surface area contributed by atoms with Crippen molar-refractivity contribution in [2.45, 2.75) is 45.2 Å². The lowest BCUT2D eigenvalue weighted by Crippen LogP contribution is -2.58. The Bertz CT molecular complexity index is 394. The number of ether oxygens (including phenoxy) is 1. The van der Waals surface area contributed by atoms with Gasteiger partial charge in [0.15, 0.2) is 0 Å². The van der Waals surface area contributed by atoms with E-state index in [2.05, 4.69) is 15.4 Å². The fourth-order valence-electron chi connectivity index (χ4n) is 2.36. The largest absolute Gasteiger partial charge is 0.480 e. The van der Waals surface area contributed by atoms with E-state index < -0.39 is 29.9 Å². The fraction of sp³-hybridized carbons (Fsp3) is 0.769. The van der Waals surface area contributed by atoms with Gasteiger partial charge < -0.3 is 20.5 Å². The summed E-state index contributed by atoms with van der Waals surface area (Å²) in [7, 11) is 1.18. The molecule has 7 nitrogen and oxygen atoms in total. The Kier molecular flexibility index (Phi) is 5.50. The number of hydrogen-bond acceptors (Lipinski definition) is 5. The number of hydrogen-bond donors (Lipinski definition) is 3. The quantitative estimate of drug-likeness (QED) is 0.609. The first kappa shape index (κ1) is 16.4. The van der Waals surface area contributed by atoms with Gasteiger partial charge >= 0.3 is 11.9 Å². The highest BCUT2D eigenvalue weighted by atomic mass is 16.5. The minimum absolute atomic E-state index is 0.253. The molecule has 2 atom stereocenters. The molecule has 0 aromatic rings. The molecular formula is C13H22N2O5. The van der Waals surface area contributed by atoms with Crippen LogP contribution in [0.25, 0.3) is 0 Å². The second kappa shape index (κ2) is 6.69. The van der Waals surface area contributed by atoms with Crippen LogP contribution in [0.4, 0.5) is 0 Å². The van der Waals surface area contributed by atoms with E-state index in [1.54, 1.807) is 0 Å². The summed E-state index contributed by atoms with van der Waals surface area (Å²) in [4.78, 5) is 34.5. The van der Waals surface area contributed by atoms with Gasteiger partial charge in [0.2, 0.25) is 5.91 Å². The number of nitrogens with one attached hydrogen (secondary N) is 2. The number of carboxylic acid groups (broad SMARTS) is 1. The van der Waals surface area contributed by atoms with Gasteiger partial charge in [-0.1, -0.05) is 13.8 Å². The van der Waals surface area contributed by atoms with Crippen LogP contribution in [-0.2, 0) is 19.1 Å². The summed E-state index contributed by atoms with van der Waals surface area (Å²) in [5, 5.41) is 14.6. The number of piperidine rings is 1. The number of amides is 1. The summed E-state index contributed by atoms with van der Waals surface area (Å²) in [6, 6.07) is -1.73. The van der Waals surface area contributed by atoms with Gasteiger partial charge in [0.1, 0.15) is 6.04 Å². The highest BCUT2D eigenvalue weighted by Gasteiger charge is 2.38. The molecule has 1 fully saturated rings. The van der Waals surface area contributed by atoms with Gasteiger partial charge in [-0.25, -0.2) is 4.79 Å². The number of methoxy groups -OCH3 is 1. The molecular weight excluding hydrogens is 264 g/mol. The number of aliphatic carboxylic acids is 1. The molecule has 1 unspecified atom stereocenters. The lowest BCUT2D eigenvalue weighted by molar-refractivity contribution is -0.149. The molecule has 0 spiro atoms. The summed E-state index contributed by atoms with van der Waals surface area (Å²) in [6.45, 7) is 4.63. The van der Waals surface area contributed by atoms with E-state index >= 15 is 0 Å². The van der Waals surface area contributed by atoms with Gasteiger partial charge in [0.05, 0.1) is 19.6 Å². The van der Waals surface area contributed by atoms with Crippen LogP contribution >= 0.6 is 0 Å². The first-order chi connectivity index (χ1) is 9.27. The Morgan fingerprint density at radius 1 is 1.45 bits per heavy atom. The van der Waals surface area contributed by atoms with E-state index in [1.165, 1.54) is 7.11 Å². The van der Waals surface area contributed by atoms with Crippen molar-refractivity contribution >= 4 is 17.8 Å². The molecule has 1 rings (SSSR count). The van der Waals surface area contributed by atoms with Crippen LogP contribution in [0.1, 0.15) is 33.1 Å². The second-order valence-corrected chi connectivity index (χ2v) is 5.66. The van der Waals surface area contributed by atoms with Crippen LogP contribution in [0, 0.1) is 5.41 Å². The third kappa shape index (κ3) is 4.19. The Balaban J connectivity index is 2.70. The Labute approximate surface area is 118 Å². The minimum atomic E-state index is -1.27. The topological polar surface area (TPSA) is 105 Å². The monoisotopic (exact) mass is 286 g/mol. The summed E-state index contributed by atoms with van der Waals surface area (Å²) >= 11 is 0. The molecule has 0 aliphatic carbocycles. The van der Waals surface area contributed by atoms with Crippen molar-refractivity contribution in [3.8, 4) is 0 Å².